The Morgan fingerprint density at radius 2 is 1.86 bits per heavy atom. The van der Waals surface area contributed by atoms with Crippen LogP contribution in [0.2, 0.25) is 0 Å². The van der Waals surface area contributed by atoms with Gasteiger partial charge in [0.15, 0.2) is 0 Å². The van der Waals surface area contributed by atoms with Gasteiger partial charge < -0.3 is 0 Å². The second-order valence-corrected chi connectivity index (χ2v) is 9.05. The number of sulfonamides is 1. The Morgan fingerprint density at radius 3 is 2.45 bits per heavy atom. The first-order valence-electron chi connectivity index (χ1n) is 7.38. The molecule has 0 amide bonds. The molecule has 0 saturated carbocycles. The summed E-state index contributed by atoms with van der Waals surface area (Å²) in [7, 11) is -3.63. The lowest BCUT2D eigenvalue weighted by molar-refractivity contribution is 0.253. The highest BCUT2D eigenvalue weighted by molar-refractivity contribution is 7.99. The van der Waals surface area contributed by atoms with Crippen molar-refractivity contribution in [3.63, 3.8) is 0 Å². The van der Waals surface area contributed by atoms with Crippen molar-refractivity contribution >= 4 is 21.8 Å². The van der Waals surface area contributed by atoms with E-state index in [0.717, 1.165) is 43.9 Å². The molecule has 2 fully saturated rings. The fourth-order valence-electron chi connectivity index (χ4n) is 3.66. The molecular formula is C15H19F2NO2S2. The van der Waals surface area contributed by atoms with E-state index in [1.54, 1.807) is 16.1 Å². The molecule has 0 aromatic heterocycles. The van der Waals surface area contributed by atoms with Gasteiger partial charge in [-0.2, -0.15) is 16.1 Å². The topological polar surface area (TPSA) is 37.4 Å². The SMILES string of the molecule is CSC1CC2CCC(C1)N2S(=O)(=O)Cc1cc(F)ccc1F. The zero-order chi connectivity index (χ0) is 15.9. The Balaban J connectivity index is 1.83. The van der Waals surface area contributed by atoms with Crippen LogP contribution in [0.4, 0.5) is 8.78 Å². The van der Waals surface area contributed by atoms with Crippen LogP contribution in [0.1, 0.15) is 31.2 Å². The van der Waals surface area contributed by atoms with E-state index in [0.29, 0.717) is 5.25 Å². The van der Waals surface area contributed by atoms with Crippen molar-refractivity contribution < 1.29 is 17.2 Å². The van der Waals surface area contributed by atoms with Gasteiger partial charge in [0.25, 0.3) is 0 Å². The van der Waals surface area contributed by atoms with Crippen LogP contribution in [0.25, 0.3) is 0 Å². The van der Waals surface area contributed by atoms with Gasteiger partial charge in [-0.3, -0.25) is 0 Å². The average molecular weight is 347 g/mol. The summed E-state index contributed by atoms with van der Waals surface area (Å²) in [5, 5.41) is 0.495. The molecule has 22 heavy (non-hydrogen) atoms. The fourth-order valence-corrected chi connectivity index (χ4v) is 6.54. The molecule has 2 atom stereocenters. The highest BCUT2D eigenvalue weighted by Gasteiger charge is 2.46. The summed E-state index contributed by atoms with van der Waals surface area (Å²) in [5.41, 5.74) is -0.0913. The molecule has 3 nitrogen and oxygen atoms in total. The standard InChI is InChI=1S/C15H19F2NO2S2/c1-21-14-7-12-3-4-13(8-14)18(12)22(19,20)9-10-6-11(16)2-5-15(10)17/h2,5-6,12-14H,3-4,7-9H2,1H3. The van der Waals surface area contributed by atoms with E-state index in [1.807, 2.05) is 0 Å². The lowest BCUT2D eigenvalue weighted by Crippen LogP contribution is -2.47. The molecule has 2 bridgehead atoms. The molecule has 0 radical (unpaired) electrons. The van der Waals surface area contributed by atoms with Crippen molar-refractivity contribution in [3.8, 4) is 0 Å². The molecule has 0 N–H and O–H groups in total. The first kappa shape index (κ1) is 16.2. The minimum Gasteiger partial charge on any atom is -0.212 e. The largest absolute Gasteiger partial charge is 0.218 e. The molecule has 7 heteroatoms. The second kappa shape index (κ2) is 6.09. The molecule has 2 heterocycles. The molecule has 2 aliphatic rings. The third kappa shape index (κ3) is 3.03. The van der Waals surface area contributed by atoms with Gasteiger partial charge in [0, 0.05) is 22.9 Å². The summed E-state index contributed by atoms with van der Waals surface area (Å²) >= 11 is 1.78. The highest BCUT2D eigenvalue weighted by Crippen LogP contribution is 2.41. The number of halogens is 2. The third-order valence-corrected chi connectivity index (χ3v) is 7.59. The molecule has 2 saturated heterocycles. The number of rotatable bonds is 4. The monoisotopic (exact) mass is 347 g/mol. The molecule has 2 unspecified atom stereocenters. The van der Waals surface area contributed by atoms with E-state index in [4.69, 9.17) is 0 Å². The summed E-state index contributed by atoms with van der Waals surface area (Å²) in [6.07, 6.45) is 5.49. The predicted octanol–water partition coefficient (Wildman–Crippen LogP) is 3.15. The van der Waals surface area contributed by atoms with Gasteiger partial charge in [-0.25, -0.2) is 17.2 Å². The smallest absolute Gasteiger partial charge is 0.212 e. The number of thioether (sulfide) groups is 1. The zero-order valence-corrected chi connectivity index (χ0v) is 14.0. The fraction of sp³-hybridized carbons (Fsp3) is 0.600. The maximum atomic E-state index is 13.7. The van der Waals surface area contributed by atoms with Crippen LogP contribution >= 0.6 is 11.8 Å². The number of benzene rings is 1. The quantitative estimate of drug-likeness (QED) is 0.840. The maximum absolute atomic E-state index is 13.7. The summed E-state index contributed by atoms with van der Waals surface area (Å²) < 4.78 is 54.0. The Kier molecular flexibility index (Phi) is 4.49. The van der Waals surface area contributed by atoms with E-state index < -0.39 is 27.4 Å². The normalized spacial score (nSPS) is 29.0. The molecule has 0 spiro atoms. The Bertz CT molecular complexity index is 652. The van der Waals surface area contributed by atoms with Gasteiger partial charge in [0.1, 0.15) is 11.6 Å². The van der Waals surface area contributed by atoms with E-state index >= 15 is 0 Å². The predicted molar refractivity (Wildman–Crippen MR) is 84.2 cm³/mol. The minimum atomic E-state index is -3.63. The van der Waals surface area contributed by atoms with E-state index in [2.05, 4.69) is 6.26 Å². The molecule has 2 aliphatic heterocycles. The zero-order valence-electron chi connectivity index (χ0n) is 12.3. The Hall–Kier alpha value is -0.660. The van der Waals surface area contributed by atoms with Crippen LogP contribution in [0.15, 0.2) is 18.2 Å². The van der Waals surface area contributed by atoms with E-state index in [9.17, 15) is 17.2 Å². The van der Waals surface area contributed by atoms with Gasteiger partial charge in [-0.15, -0.1) is 0 Å². The van der Waals surface area contributed by atoms with Crippen molar-refractivity contribution in [1.82, 2.24) is 4.31 Å². The molecular weight excluding hydrogens is 328 g/mol. The van der Waals surface area contributed by atoms with Crippen LogP contribution in [0.3, 0.4) is 0 Å². The van der Waals surface area contributed by atoms with Gasteiger partial charge in [0.05, 0.1) is 5.75 Å². The maximum Gasteiger partial charge on any atom is 0.218 e. The summed E-state index contributed by atoms with van der Waals surface area (Å²) in [5.74, 6) is -1.75. The molecule has 122 valence electrons. The number of nitrogens with zero attached hydrogens (tertiary/aromatic N) is 1. The number of piperidine rings is 1. The van der Waals surface area contributed by atoms with Gasteiger partial charge >= 0.3 is 0 Å². The van der Waals surface area contributed by atoms with Crippen molar-refractivity contribution in [3.05, 3.63) is 35.4 Å². The van der Waals surface area contributed by atoms with Gasteiger partial charge in [0.2, 0.25) is 10.0 Å². The Labute approximate surface area is 134 Å². The van der Waals surface area contributed by atoms with Gasteiger partial charge in [-0.1, -0.05) is 0 Å². The van der Waals surface area contributed by atoms with Crippen LogP contribution in [0, 0.1) is 11.6 Å². The van der Waals surface area contributed by atoms with E-state index in [-0.39, 0.29) is 17.6 Å². The highest BCUT2D eigenvalue weighted by atomic mass is 32.2. The number of fused-ring (bicyclic) bond motifs is 2. The summed E-state index contributed by atoms with van der Waals surface area (Å²) in [4.78, 5) is 0. The third-order valence-electron chi connectivity index (χ3n) is 4.62. The molecule has 1 aromatic rings. The lowest BCUT2D eigenvalue weighted by atomic mass is 10.1. The first-order chi connectivity index (χ1) is 10.4. The number of hydrogen-bond acceptors (Lipinski definition) is 3. The number of hydrogen-bond donors (Lipinski definition) is 0. The second-order valence-electron chi connectivity index (χ2n) is 6.04. The van der Waals surface area contributed by atoms with Crippen LogP contribution in [-0.2, 0) is 15.8 Å². The first-order valence-corrected chi connectivity index (χ1v) is 10.3. The van der Waals surface area contributed by atoms with Crippen molar-refractivity contribution in [2.45, 2.75) is 48.8 Å². The lowest BCUT2D eigenvalue weighted by Gasteiger charge is -2.37. The van der Waals surface area contributed by atoms with Crippen molar-refractivity contribution in [1.29, 1.82) is 0 Å². The van der Waals surface area contributed by atoms with E-state index in [1.165, 1.54) is 0 Å². The van der Waals surface area contributed by atoms with Crippen LogP contribution in [0.5, 0.6) is 0 Å². The molecule has 0 aliphatic carbocycles. The summed E-state index contributed by atoms with van der Waals surface area (Å²) in [6, 6.07) is 2.98. The Morgan fingerprint density at radius 1 is 1.23 bits per heavy atom. The van der Waals surface area contributed by atoms with Crippen molar-refractivity contribution in [2.24, 2.45) is 0 Å². The summed E-state index contributed by atoms with van der Waals surface area (Å²) in [6.45, 7) is 0. The minimum absolute atomic E-state index is 0.0119. The van der Waals surface area contributed by atoms with Crippen LogP contribution < -0.4 is 0 Å². The molecule has 3 rings (SSSR count). The van der Waals surface area contributed by atoms with Gasteiger partial charge in [-0.05, 0) is 50.1 Å². The molecule has 1 aromatic carbocycles. The van der Waals surface area contributed by atoms with Crippen LogP contribution in [-0.4, -0.2) is 36.3 Å². The average Bonchev–Trinajstić information content (AvgIpc) is 2.75. The van der Waals surface area contributed by atoms with Crippen molar-refractivity contribution in [2.75, 3.05) is 6.26 Å².